The summed E-state index contributed by atoms with van der Waals surface area (Å²) in [6.45, 7) is 2.40. The number of nitrogens with one attached hydrogen (secondary N) is 3. The molecule has 0 aromatic heterocycles. The number of hydrogen-bond acceptors (Lipinski definition) is 3. The Morgan fingerprint density at radius 2 is 2.10 bits per heavy atom. The lowest BCUT2D eigenvalue weighted by atomic mass is 10.2. The molecule has 0 bridgehead atoms. The predicted octanol–water partition coefficient (Wildman–Crippen LogP) is 2.24. The zero-order chi connectivity index (χ0) is 14.8. The molecule has 6 nitrogen and oxygen atoms in total. The van der Waals surface area contributed by atoms with E-state index < -0.39 is 0 Å². The summed E-state index contributed by atoms with van der Waals surface area (Å²) < 4.78 is 12.1. The van der Waals surface area contributed by atoms with Crippen LogP contribution in [0.5, 0.6) is 0 Å². The molecule has 3 N–H and O–H groups in total. The molecular weight excluding hydrogens is 261 g/mol. The van der Waals surface area contributed by atoms with Gasteiger partial charge in [0.1, 0.15) is 6.34 Å². The Morgan fingerprint density at radius 3 is 2.65 bits per heavy atom. The van der Waals surface area contributed by atoms with Crippen LogP contribution in [0.1, 0.15) is 6.92 Å². The van der Waals surface area contributed by atoms with Gasteiger partial charge in [-0.2, -0.15) is 0 Å². The molecule has 0 fully saturated rings. The number of nitrogens with zero attached hydrogens (tertiary/aromatic N) is 2. The molecule has 0 unspecified atom stereocenters. The summed E-state index contributed by atoms with van der Waals surface area (Å²) in [7, 11) is 1.60. The third-order valence-corrected chi connectivity index (χ3v) is 2.42. The van der Waals surface area contributed by atoms with Crippen molar-refractivity contribution < 1.29 is 9.28 Å². The molecule has 0 radical (unpaired) electrons. The molecule has 0 saturated carbocycles. The second-order valence-electron chi connectivity index (χ2n) is 3.81. The van der Waals surface area contributed by atoms with Crippen LogP contribution in [-0.2, 0) is 0 Å². The monoisotopic (exact) mass is 279 g/mol. The van der Waals surface area contributed by atoms with Gasteiger partial charge in [-0.25, -0.2) is 10.2 Å². The Balaban J connectivity index is 2.74. The molecule has 7 heteroatoms. The first-order chi connectivity index (χ1) is 9.71. The van der Waals surface area contributed by atoms with E-state index in [0.717, 1.165) is 12.0 Å². The Hall–Kier alpha value is -2.41. The highest BCUT2D eigenvalue weighted by molar-refractivity contribution is 5.89. The SMILES string of the molecule is C/C=C\CN(C=NF)c1ccc(NC(=O)NNC)cc1. The third-order valence-electron chi connectivity index (χ3n) is 2.42. The molecule has 1 aromatic carbocycles. The average Bonchev–Trinajstić information content (AvgIpc) is 2.44. The van der Waals surface area contributed by atoms with Crippen LogP contribution in [0, 0.1) is 0 Å². The third kappa shape index (κ3) is 5.07. The lowest BCUT2D eigenvalue weighted by molar-refractivity contribution is 0.249. The van der Waals surface area contributed by atoms with Gasteiger partial charge in [0.2, 0.25) is 0 Å². The van der Waals surface area contributed by atoms with Crippen LogP contribution in [0.15, 0.2) is 41.6 Å². The Bertz CT molecular complexity index is 472. The first-order valence-corrected chi connectivity index (χ1v) is 6.07. The highest BCUT2D eigenvalue weighted by Crippen LogP contribution is 2.17. The van der Waals surface area contributed by atoms with Crippen LogP contribution < -0.4 is 21.1 Å². The van der Waals surface area contributed by atoms with Gasteiger partial charge in [-0.1, -0.05) is 21.8 Å². The molecule has 0 aliphatic carbocycles. The second-order valence-corrected chi connectivity index (χ2v) is 3.81. The van der Waals surface area contributed by atoms with Gasteiger partial charge in [0.15, 0.2) is 0 Å². The highest BCUT2D eigenvalue weighted by atomic mass is 19.2. The second kappa shape index (κ2) is 8.65. The van der Waals surface area contributed by atoms with Gasteiger partial charge in [0.05, 0.1) is 0 Å². The topological polar surface area (TPSA) is 68.8 Å². The summed E-state index contributed by atoms with van der Waals surface area (Å²) in [4.78, 5) is 12.9. The summed E-state index contributed by atoms with van der Waals surface area (Å²) in [6, 6.07) is 6.61. The number of urea groups is 1. The van der Waals surface area contributed by atoms with E-state index in [1.165, 1.54) is 0 Å². The lowest BCUT2D eigenvalue weighted by Gasteiger charge is -2.17. The molecule has 0 spiro atoms. The molecule has 0 heterocycles. The van der Waals surface area contributed by atoms with Gasteiger partial charge in [-0.05, 0) is 31.2 Å². The minimum Gasteiger partial charge on any atom is -0.326 e. The van der Waals surface area contributed by atoms with Crippen LogP contribution >= 0.6 is 0 Å². The maximum Gasteiger partial charge on any atom is 0.333 e. The molecule has 0 saturated heterocycles. The zero-order valence-corrected chi connectivity index (χ0v) is 11.4. The number of hydrogen-bond donors (Lipinski definition) is 3. The number of halogens is 1. The first-order valence-electron chi connectivity index (χ1n) is 6.07. The van der Waals surface area contributed by atoms with Crippen LogP contribution in [0.25, 0.3) is 0 Å². The standard InChI is InChI=1S/C13H18FN5O/c1-3-4-9-19(10-16-14)12-7-5-11(6-8-12)17-13(20)18-15-2/h3-8,10,15H,9H2,1-2H3,(H2,17,18,20)/b4-3-,16-10?. The lowest BCUT2D eigenvalue weighted by Crippen LogP contribution is -2.37. The minimum absolute atomic E-state index is 0.364. The van der Waals surface area contributed by atoms with Crippen LogP contribution in [-0.4, -0.2) is 26.0 Å². The number of carbonyl (C=O) groups is 1. The van der Waals surface area contributed by atoms with E-state index in [1.54, 1.807) is 36.2 Å². The van der Waals surface area contributed by atoms with E-state index >= 15 is 0 Å². The molecule has 1 rings (SSSR count). The van der Waals surface area contributed by atoms with Gasteiger partial charge in [0, 0.05) is 25.0 Å². The highest BCUT2D eigenvalue weighted by Gasteiger charge is 2.04. The van der Waals surface area contributed by atoms with Gasteiger partial charge in [0.25, 0.3) is 0 Å². The van der Waals surface area contributed by atoms with E-state index in [2.05, 4.69) is 21.4 Å². The van der Waals surface area contributed by atoms with Crippen LogP contribution in [0.2, 0.25) is 0 Å². The Morgan fingerprint density at radius 1 is 1.40 bits per heavy atom. The number of allylic oxidation sites excluding steroid dienone is 1. The minimum atomic E-state index is -0.364. The number of rotatable bonds is 6. The van der Waals surface area contributed by atoms with Crippen molar-refractivity contribution in [3.63, 3.8) is 0 Å². The number of amides is 2. The fourth-order valence-electron chi connectivity index (χ4n) is 1.50. The smallest absolute Gasteiger partial charge is 0.326 e. The summed E-state index contributed by atoms with van der Waals surface area (Å²) in [5, 5.41) is 5.17. The maximum absolute atomic E-state index is 12.1. The molecule has 0 aliphatic rings. The molecule has 1 aromatic rings. The molecule has 108 valence electrons. The van der Waals surface area contributed by atoms with Crippen molar-refractivity contribution in [3.8, 4) is 0 Å². The maximum atomic E-state index is 12.1. The largest absolute Gasteiger partial charge is 0.333 e. The van der Waals surface area contributed by atoms with Crippen LogP contribution in [0.3, 0.4) is 0 Å². The van der Waals surface area contributed by atoms with E-state index in [9.17, 15) is 9.28 Å². The first kappa shape index (κ1) is 15.6. The van der Waals surface area contributed by atoms with Crippen molar-refractivity contribution in [2.45, 2.75) is 6.92 Å². The molecular formula is C13H18FN5O. The van der Waals surface area contributed by atoms with Crippen molar-refractivity contribution in [3.05, 3.63) is 36.4 Å². The summed E-state index contributed by atoms with van der Waals surface area (Å²) >= 11 is 0. The molecule has 20 heavy (non-hydrogen) atoms. The van der Waals surface area contributed by atoms with Crippen molar-refractivity contribution in [1.82, 2.24) is 10.9 Å². The quantitative estimate of drug-likeness (QED) is 0.324. The van der Waals surface area contributed by atoms with E-state index in [1.807, 2.05) is 19.1 Å². The average molecular weight is 279 g/mol. The fraction of sp³-hybridized carbons (Fsp3) is 0.231. The van der Waals surface area contributed by atoms with Crippen LogP contribution in [0.4, 0.5) is 20.7 Å². The Kier molecular flexibility index (Phi) is 6.77. The summed E-state index contributed by atoms with van der Waals surface area (Å²) in [5.74, 6) is 0. The normalized spacial score (nSPS) is 10.9. The van der Waals surface area contributed by atoms with Crippen molar-refractivity contribution >= 4 is 23.7 Å². The van der Waals surface area contributed by atoms with Crippen molar-refractivity contribution in [2.24, 2.45) is 5.21 Å². The van der Waals surface area contributed by atoms with Gasteiger partial charge < -0.3 is 10.2 Å². The van der Waals surface area contributed by atoms with E-state index in [4.69, 9.17) is 0 Å². The fourth-order valence-corrected chi connectivity index (χ4v) is 1.50. The van der Waals surface area contributed by atoms with Gasteiger partial charge in [-0.15, -0.1) is 0 Å². The van der Waals surface area contributed by atoms with Crippen molar-refractivity contribution in [1.29, 1.82) is 0 Å². The van der Waals surface area contributed by atoms with Gasteiger partial charge >= 0.3 is 6.03 Å². The molecule has 2 amide bonds. The number of benzene rings is 1. The number of anilines is 2. The predicted molar refractivity (Wildman–Crippen MR) is 79.4 cm³/mol. The van der Waals surface area contributed by atoms with E-state index in [-0.39, 0.29) is 6.03 Å². The zero-order valence-electron chi connectivity index (χ0n) is 11.4. The number of carbonyl (C=O) groups excluding carboxylic acids is 1. The number of hydrazine groups is 1. The Labute approximate surface area is 117 Å². The molecule has 0 aliphatic heterocycles. The molecule has 0 atom stereocenters. The van der Waals surface area contributed by atoms with Crippen molar-refractivity contribution in [2.75, 3.05) is 23.8 Å². The van der Waals surface area contributed by atoms with E-state index in [0.29, 0.717) is 12.2 Å². The summed E-state index contributed by atoms with van der Waals surface area (Å²) in [6.07, 6.45) is 4.86. The van der Waals surface area contributed by atoms with Gasteiger partial charge in [-0.3, -0.25) is 5.43 Å². The summed E-state index contributed by atoms with van der Waals surface area (Å²) in [5.41, 5.74) is 6.31.